The van der Waals surface area contributed by atoms with Gasteiger partial charge in [0.05, 0.1) is 12.0 Å². The molecule has 0 atom stereocenters. The Kier molecular flexibility index (Phi) is 3.75. The van der Waals surface area contributed by atoms with Gasteiger partial charge < -0.3 is 10.2 Å². The predicted octanol–water partition coefficient (Wildman–Crippen LogP) is 2.56. The van der Waals surface area contributed by atoms with Crippen LogP contribution in [-0.2, 0) is 0 Å². The van der Waals surface area contributed by atoms with Crippen LogP contribution in [0.15, 0.2) is 46.7 Å². The van der Waals surface area contributed by atoms with E-state index in [2.05, 4.69) is 34.2 Å². The molecule has 0 spiro atoms. The van der Waals surface area contributed by atoms with Gasteiger partial charge in [0.25, 0.3) is 0 Å². The summed E-state index contributed by atoms with van der Waals surface area (Å²) in [5.41, 5.74) is 6.27. The molecule has 0 bridgehead atoms. The van der Waals surface area contributed by atoms with E-state index in [1.807, 2.05) is 0 Å². The van der Waals surface area contributed by atoms with Crippen molar-refractivity contribution in [1.82, 2.24) is 0 Å². The highest BCUT2D eigenvalue weighted by Crippen LogP contribution is 2.10. The molecule has 2 N–H and O–H groups in total. The van der Waals surface area contributed by atoms with Crippen molar-refractivity contribution in [2.45, 2.75) is 0 Å². The monoisotopic (exact) mass is 288 g/mol. The highest BCUT2D eigenvalue weighted by atomic mass is 127. The van der Waals surface area contributed by atoms with Gasteiger partial charge in [-0.3, -0.25) is 4.99 Å². The Morgan fingerprint density at radius 2 is 2.46 bits per heavy atom. The molecule has 68 valence electrons. The molecule has 0 amide bonds. The van der Waals surface area contributed by atoms with Gasteiger partial charge in [0.1, 0.15) is 9.48 Å². The number of rotatable bonds is 3. The molecule has 0 saturated heterocycles. The molecule has 1 rings (SSSR count). The van der Waals surface area contributed by atoms with Crippen molar-refractivity contribution >= 4 is 32.0 Å². The van der Waals surface area contributed by atoms with E-state index in [9.17, 15) is 0 Å². The third-order valence-electron chi connectivity index (χ3n) is 1.29. The van der Waals surface area contributed by atoms with Crippen molar-refractivity contribution < 1.29 is 4.42 Å². The molecule has 3 nitrogen and oxygen atoms in total. The number of hydrogen-bond donors (Lipinski definition) is 1. The minimum Gasteiger partial charge on any atom is -0.463 e. The number of nitrogens with zero attached hydrogens (tertiary/aromatic N) is 1. The first-order valence-electron chi connectivity index (χ1n) is 3.59. The minimum atomic E-state index is 0.556. The van der Waals surface area contributed by atoms with E-state index in [0.29, 0.717) is 11.5 Å². The van der Waals surface area contributed by atoms with Crippen molar-refractivity contribution in [2.75, 3.05) is 0 Å². The van der Waals surface area contributed by atoms with Crippen LogP contribution < -0.4 is 5.73 Å². The Morgan fingerprint density at radius 1 is 1.69 bits per heavy atom. The van der Waals surface area contributed by atoms with Gasteiger partial charge in [-0.25, -0.2) is 0 Å². The van der Waals surface area contributed by atoms with Gasteiger partial charge >= 0.3 is 0 Å². The fraction of sp³-hybridized carbons (Fsp3) is 0. The summed E-state index contributed by atoms with van der Waals surface area (Å²) >= 11 is 2.06. The zero-order valence-electron chi connectivity index (χ0n) is 6.90. The molecule has 0 aliphatic carbocycles. The summed E-state index contributed by atoms with van der Waals surface area (Å²) < 4.78 is 5.86. The van der Waals surface area contributed by atoms with E-state index in [4.69, 9.17) is 10.2 Å². The van der Waals surface area contributed by atoms with Crippen LogP contribution in [0.2, 0.25) is 0 Å². The number of allylic oxidation sites excluding steroid dienone is 1. The Balaban J connectivity index is 2.84. The van der Waals surface area contributed by atoms with Crippen molar-refractivity contribution in [2.24, 2.45) is 10.7 Å². The van der Waals surface area contributed by atoms with E-state index in [-0.39, 0.29) is 0 Å². The Morgan fingerprint density at radius 3 is 3.00 bits per heavy atom. The number of aliphatic imine (C=N–C) groups is 1. The van der Waals surface area contributed by atoms with Crippen LogP contribution >= 0.6 is 22.6 Å². The highest BCUT2D eigenvalue weighted by molar-refractivity contribution is 14.1. The predicted molar refractivity (Wildman–Crippen MR) is 62.5 cm³/mol. The van der Waals surface area contributed by atoms with Gasteiger partial charge in [-0.05, 0) is 40.8 Å². The molecule has 0 radical (unpaired) electrons. The maximum Gasteiger partial charge on any atom is 0.149 e. The molecular weight excluding hydrogens is 279 g/mol. The maximum absolute atomic E-state index is 5.72. The lowest BCUT2D eigenvalue weighted by Gasteiger charge is -1.94. The van der Waals surface area contributed by atoms with E-state index >= 15 is 0 Å². The van der Waals surface area contributed by atoms with Gasteiger partial charge in [-0.2, -0.15) is 0 Å². The minimum absolute atomic E-state index is 0.556. The first-order valence-corrected chi connectivity index (χ1v) is 4.67. The lowest BCUT2D eigenvalue weighted by atomic mass is 10.3. The Labute approximate surface area is 90.2 Å². The van der Waals surface area contributed by atoms with E-state index < -0.39 is 0 Å². The zero-order chi connectivity index (χ0) is 9.68. The van der Waals surface area contributed by atoms with Crippen LogP contribution in [0, 0.1) is 0 Å². The Hall–Kier alpha value is -1.04. The fourth-order valence-electron chi connectivity index (χ4n) is 0.767. The molecule has 0 aromatic carbocycles. The van der Waals surface area contributed by atoms with Crippen molar-refractivity contribution in [1.29, 1.82) is 0 Å². The summed E-state index contributed by atoms with van der Waals surface area (Å²) in [5, 5.41) is 0. The topological polar surface area (TPSA) is 51.5 Å². The maximum atomic E-state index is 5.72. The first kappa shape index (κ1) is 10.0. The SMILES string of the molecule is C=C/N=C(I)\C=C(/N)c1ccco1. The number of hydrogen-bond acceptors (Lipinski definition) is 3. The molecule has 0 aliphatic rings. The van der Waals surface area contributed by atoms with Crippen LogP contribution in [0.1, 0.15) is 5.76 Å². The van der Waals surface area contributed by atoms with Gasteiger partial charge in [-0.15, -0.1) is 0 Å². The third kappa shape index (κ3) is 3.06. The summed E-state index contributed by atoms with van der Waals surface area (Å²) in [6.07, 6.45) is 4.77. The van der Waals surface area contributed by atoms with Crippen LogP contribution in [-0.4, -0.2) is 3.72 Å². The summed E-state index contributed by atoms with van der Waals surface area (Å²) in [6, 6.07) is 3.58. The molecule has 1 heterocycles. The van der Waals surface area contributed by atoms with Crippen molar-refractivity contribution in [3.05, 3.63) is 43.0 Å². The third-order valence-corrected chi connectivity index (χ3v) is 1.88. The summed E-state index contributed by atoms with van der Waals surface area (Å²) in [7, 11) is 0. The van der Waals surface area contributed by atoms with Gasteiger partial charge in [0, 0.05) is 6.20 Å². The molecule has 0 unspecified atom stereocenters. The number of halogens is 1. The van der Waals surface area contributed by atoms with Crippen LogP contribution in [0.25, 0.3) is 5.70 Å². The quantitative estimate of drug-likeness (QED) is 0.686. The second-order valence-corrected chi connectivity index (χ2v) is 3.32. The summed E-state index contributed by atoms with van der Waals surface area (Å²) in [6.45, 7) is 3.48. The van der Waals surface area contributed by atoms with Crippen LogP contribution in [0.5, 0.6) is 0 Å². The molecule has 4 heteroatoms. The number of nitrogens with two attached hydrogens (primary N) is 1. The fourth-order valence-corrected chi connectivity index (χ4v) is 1.30. The summed E-state index contributed by atoms with van der Waals surface area (Å²) in [5.74, 6) is 0.647. The Bertz CT molecular complexity index is 339. The van der Waals surface area contributed by atoms with Crippen molar-refractivity contribution in [3.8, 4) is 0 Å². The lowest BCUT2D eigenvalue weighted by molar-refractivity contribution is 0.552. The van der Waals surface area contributed by atoms with Gasteiger partial charge in [0.15, 0.2) is 0 Å². The average Bonchev–Trinajstić information content (AvgIpc) is 2.55. The molecule has 0 fully saturated rings. The average molecular weight is 288 g/mol. The highest BCUT2D eigenvalue weighted by Gasteiger charge is 1.98. The summed E-state index contributed by atoms with van der Waals surface area (Å²) in [4.78, 5) is 3.94. The second kappa shape index (κ2) is 4.86. The molecule has 1 aromatic rings. The van der Waals surface area contributed by atoms with Gasteiger partial charge in [0.2, 0.25) is 0 Å². The molecule has 1 aromatic heterocycles. The van der Waals surface area contributed by atoms with Crippen molar-refractivity contribution in [3.63, 3.8) is 0 Å². The molecule has 13 heavy (non-hydrogen) atoms. The molecular formula is C9H9IN2O. The first-order chi connectivity index (χ1) is 6.24. The van der Waals surface area contributed by atoms with E-state index in [1.54, 1.807) is 24.5 Å². The second-order valence-electron chi connectivity index (χ2n) is 2.21. The zero-order valence-corrected chi connectivity index (χ0v) is 9.06. The van der Waals surface area contributed by atoms with Gasteiger partial charge in [-0.1, -0.05) is 6.58 Å². The van der Waals surface area contributed by atoms with E-state index in [1.165, 1.54) is 6.20 Å². The molecule has 0 aliphatic heterocycles. The lowest BCUT2D eigenvalue weighted by Crippen LogP contribution is -1.96. The standard InChI is InChI=1S/C9H9IN2O/c1-2-12-9(10)6-7(11)8-4-3-5-13-8/h2-6H,1,11H2/b7-6-,12-9+. The van der Waals surface area contributed by atoms with Crippen LogP contribution in [0.3, 0.4) is 0 Å². The van der Waals surface area contributed by atoms with E-state index in [0.717, 1.165) is 3.72 Å². The van der Waals surface area contributed by atoms with Crippen LogP contribution in [0.4, 0.5) is 0 Å². The normalized spacial score (nSPS) is 13.0. The smallest absolute Gasteiger partial charge is 0.149 e. The molecule has 0 saturated carbocycles. The largest absolute Gasteiger partial charge is 0.463 e. The number of furan rings is 1.